The van der Waals surface area contributed by atoms with Crippen LogP contribution in [-0.2, 0) is 0 Å². The highest BCUT2D eigenvalue weighted by Crippen LogP contribution is 2.21. The van der Waals surface area contributed by atoms with Gasteiger partial charge in [-0.25, -0.2) is 9.97 Å². The third-order valence-electron chi connectivity index (χ3n) is 2.64. The molecule has 0 aliphatic rings. The lowest BCUT2D eigenvalue weighted by atomic mass is 10.0. The van der Waals surface area contributed by atoms with E-state index in [4.69, 9.17) is 0 Å². The zero-order valence-electron chi connectivity index (χ0n) is 10.3. The molecular weight excluding hydrogens is 212 g/mol. The summed E-state index contributed by atoms with van der Waals surface area (Å²) in [4.78, 5) is 12.5. The number of hydrogen-bond donors (Lipinski definition) is 1. The Labute approximate surface area is 101 Å². The normalized spacial score (nSPS) is 12.4. The first-order valence-electron chi connectivity index (χ1n) is 5.58. The van der Waals surface area contributed by atoms with Crippen molar-refractivity contribution in [1.29, 1.82) is 0 Å². The molecule has 88 valence electrons. The van der Waals surface area contributed by atoms with Crippen molar-refractivity contribution in [2.24, 2.45) is 0 Å². The molecule has 4 nitrogen and oxygen atoms in total. The van der Waals surface area contributed by atoms with E-state index >= 15 is 0 Å². The second kappa shape index (κ2) is 5.01. The van der Waals surface area contributed by atoms with Crippen molar-refractivity contribution < 1.29 is 0 Å². The SMILES string of the molecule is CNC(c1cncnc1)c1cc(C)nc(C)c1. The molecule has 1 unspecified atom stereocenters. The number of nitrogens with one attached hydrogen (secondary N) is 1. The second-order valence-corrected chi connectivity index (χ2v) is 4.08. The van der Waals surface area contributed by atoms with Gasteiger partial charge < -0.3 is 5.32 Å². The van der Waals surface area contributed by atoms with Crippen molar-refractivity contribution in [2.45, 2.75) is 19.9 Å². The molecule has 0 bridgehead atoms. The number of aryl methyl sites for hydroxylation is 2. The molecule has 0 spiro atoms. The smallest absolute Gasteiger partial charge is 0.115 e. The van der Waals surface area contributed by atoms with Crippen LogP contribution in [-0.4, -0.2) is 22.0 Å². The average molecular weight is 228 g/mol. The van der Waals surface area contributed by atoms with Crippen LogP contribution in [0.5, 0.6) is 0 Å². The minimum Gasteiger partial charge on any atom is -0.309 e. The van der Waals surface area contributed by atoms with Crippen LogP contribution in [0.1, 0.15) is 28.6 Å². The summed E-state index contributed by atoms with van der Waals surface area (Å²) < 4.78 is 0. The monoisotopic (exact) mass is 228 g/mol. The Morgan fingerprint density at radius 3 is 2.12 bits per heavy atom. The van der Waals surface area contributed by atoms with Crippen LogP contribution in [0.3, 0.4) is 0 Å². The highest BCUT2D eigenvalue weighted by atomic mass is 14.9. The lowest BCUT2D eigenvalue weighted by Gasteiger charge is -2.17. The fourth-order valence-electron chi connectivity index (χ4n) is 2.02. The molecule has 0 aliphatic carbocycles. The van der Waals surface area contributed by atoms with Crippen LogP contribution in [0.25, 0.3) is 0 Å². The third-order valence-corrected chi connectivity index (χ3v) is 2.64. The summed E-state index contributed by atoms with van der Waals surface area (Å²) >= 11 is 0. The Morgan fingerprint density at radius 2 is 1.59 bits per heavy atom. The average Bonchev–Trinajstić information content (AvgIpc) is 2.30. The molecule has 4 heteroatoms. The topological polar surface area (TPSA) is 50.7 Å². The van der Waals surface area contributed by atoms with Gasteiger partial charge in [0.15, 0.2) is 0 Å². The van der Waals surface area contributed by atoms with Crippen LogP contribution < -0.4 is 5.32 Å². The Morgan fingerprint density at radius 1 is 1.00 bits per heavy atom. The molecule has 1 atom stereocenters. The summed E-state index contributed by atoms with van der Waals surface area (Å²) in [5, 5.41) is 3.28. The van der Waals surface area contributed by atoms with Crippen LogP contribution in [0.4, 0.5) is 0 Å². The maximum Gasteiger partial charge on any atom is 0.115 e. The predicted molar refractivity (Wildman–Crippen MR) is 66.6 cm³/mol. The Balaban J connectivity index is 2.42. The van der Waals surface area contributed by atoms with Gasteiger partial charge in [-0.05, 0) is 38.6 Å². The number of aromatic nitrogens is 3. The van der Waals surface area contributed by atoms with Gasteiger partial charge in [0.05, 0.1) is 6.04 Å². The van der Waals surface area contributed by atoms with Crippen molar-refractivity contribution in [3.8, 4) is 0 Å². The number of nitrogens with zero attached hydrogens (tertiary/aromatic N) is 3. The summed E-state index contributed by atoms with van der Waals surface area (Å²) in [5.41, 5.74) is 4.29. The molecule has 0 fully saturated rings. The summed E-state index contributed by atoms with van der Waals surface area (Å²) in [6.45, 7) is 4.01. The van der Waals surface area contributed by atoms with Gasteiger partial charge in [-0.2, -0.15) is 0 Å². The van der Waals surface area contributed by atoms with E-state index < -0.39 is 0 Å². The molecular formula is C13H16N4. The number of pyridine rings is 1. The van der Waals surface area contributed by atoms with Crippen molar-refractivity contribution in [3.63, 3.8) is 0 Å². The number of rotatable bonds is 3. The summed E-state index contributed by atoms with van der Waals surface area (Å²) in [6.07, 6.45) is 5.21. The molecule has 2 aromatic heterocycles. The number of hydrogen-bond acceptors (Lipinski definition) is 4. The van der Waals surface area contributed by atoms with Gasteiger partial charge in [0.1, 0.15) is 6.33 Å². The van der Waals surface area contributed by atoms with E-state index in [1.165, 1.54) is 5.56 Å². The minimum atomic E-state index is 0.108. The molecule has 0 saturated carbocycles. The van der Waals surface area contributed by atoms with E-state index in [-0.39, 0.29) is 6.04 Å². The van der Waals surface area contributed by atoms with Crippen molar-refractivity contribution in [2.75, 3.05) is 7.05 Å². The first-order chi connectivity index (χ1) is 8.20. The molecule has 0 aromatic carbocycles. The molecule has 0 aliphatic heterocycles. The molecule has 0 amide bonds. The van der Waals surface area contributed by atoms with E-state index in [0.29, 0.717) is 0 Å². The molecule has 2 aromatic rings. The van der Waals surface area contributed by atoms with Gasteiger partial charge in [0, 0.05) is 29.3 Å². The quantitative estimate of drug-likeness (QED) is 0.870. The Bertz CT molecular complexity index is 476. The van der Waals surface area contributed by atoms with E-state index in [1.54, 1.807) is 6.33 Å². The van der Waals surface area contributed by atoms with E-state index in [1.807, 2.05) is 33.3 Å². The first-order valence-corrected chi connectivity index (χ1v) is 5.58. The Hall–Kier alpha value is -1.81. The lowest BCUT2D eigenvalue weighted by Crippen LogP contribution is -2.18. The summed E-state index contributed by atoms with van der Waals surface area (Å²) in [7, 11) is 1.93. The molecule has 1 N–H and O–H groups in total. The maximum absolute atomic E-state index is 4.39. The second-order valence-electron chi connectivity index (χ2n) is 4.08. The largest absolute Gasteiger partial charge is 0.309 e. The van der Waals surface area contributed by atoms with E-state index in [2.05, 4.69) is 32.4 Å². The minimum absolute atomic E-state index is 0.108. The van der Waals surface area contributed by atoms with Gasteiger partial charge in [-0.1, -0.05) is 0 Å². The van der Waals surface area contributed by atoms with Crippen molar-refractivity contribution >= 4 is 0 Å². The maximum atomic E-state index is 4.39. The lowest BCUT2D eigenvalue weighted by molar-refractivity contribution is 0.681. The van der Waals surface area contributed by atoms with E-state index in [0.717, 1.165) is 17.0 Å². The van der Waals surface area contributed by atoms with Crippen LogP contribution in [0, 0.1) is 13.8 Å². The molecule has 2 rings (SSSR count). The van der Waals surface area contributed by atoms with Gasteiger partial charge >= 0.3 is 0 Å². The van der Waals surface area contributed by atoms with Gasteiger partial charge in [-0.15, -0.1) is 0 Å². The Kier molecular flexibility index (Phi) is 3.44. The van der Waals surface area contributed by atoms with Crippen LogP contribution in [0.2, 0.25) is 0 Å². The zero-order valence-corrected chi connectivity index (χ0v) is 10.3. The van der Waals surface area contributed by atoms with Gasteiger partial charge in [0.25, 0.3) is 0 Å². The molecule has 0 saturated heterocycles. The summed E-state index contributed by atoms with van der Waals surface area (Å²) in [6, 6.07) is 4.28. The van der Waals surface area contributed by atoms with Crippen LogP contribution in [0.15, 0.2) is 30.9 Å². The first kappa shape index (κ1) is 11.7. The van der Waals surface area contributed by atoms with E-state index in [9.17, 15) is 0 Å². The fourth-order valence-corrected chi connectivity index (χ4v) is 2.02. The third kappa shape index (κ3) is 2.65. The van der Waals surface area contributed by atoms with Crippen molar-refractivity contribution in [3.05, 3.63) is 53.4 Å². The zero-order chi connectivity index (χ0) is 12.3. The predicted octanol–water partition coefficient (Wildman–Crippen LogP) is 1.80. The van der Waals surface area contributed by atoms with Gasteiger partial charge in [-0.3, -0.25) is 4.98 Å². The highest BCUT2D eigenvalue weighted by Gasteiger charge is 2.13. The summed E-state index contributed by atoms with van der Waals surface area (Å²) in [5.74, 6) is 0. The van der Waals surface area contributed by atoms with Crippen LogP contribution >= 0.6 is 0 Å². The standard InChI is InChI=1S/C13H16N4/c1-9-4-11(5-10(2)17-9)13(14-3)12-6-15-8-16-7-12/h4-8,13-14H,1-3H3. The van der Waals surface area contributed by atoms with Crippen molar-refractivity contribution in [1.82, 2.24) is 20.3 Å². The molecule has 0 radical (unpaired) electrons. The molecule has 2 heterocycles. The highest BCUT2D eigenvalue weighted by molar-refractivity contribution is 5.31. The fraction of sp³-hybridized carbons (Fsp3) is 0.308. The van der Waals surface area contributed by atoms with Gasteiger partial charge in [0.2, 0.25) is 0 Å². The molecule has 17 heavy (non-hydrogen) atoms.